The van der Waals surface area contributed by atoms with E-state index in [4.69, 9.17) is 0 Å². The first-order valence-corrected chi connectivity index (χ1v) is 9.93. The van der Waals surface area contributed by atoms with Crippen molar-refractivity contribution in [2.45, 2.75) is 71.6 Å². The number of rotatable bonds is 4. The molecule has 1 saturated heterocycles. The third-order valence-electron chi connectivity index (χ3n) is 7.27. The van der Waals surface area contributed by atoms with E-state index >= 15 is 0 Å². The Morgan fingerprint density at radius 3 is 2.33 bits per heavy atom. The average Bonchev–Trinajstić information content (AvgIpc) is 2.49. The van der Waals surface area contributed by atoms with E-state index in [1.807, 2.05) is 0 Å². The van der Waals surface area contributed by atoms with Gasteiger partial charge in [-0.1, -0.05) is 39.5 Å². The van der Waals surface area contributed by atoms with Crippen molar-refractivity contribution < 1.29 is 0 Å². The van der Waals surface area contributed by atoms with Gasteiger partial charge in [-0.25, -0.2) is 0 Å². The number of hydrogen-bond acceptors (Lipinski definition) is 1. The van der Waals surface area contributed by atoms with Crippen LogP contribution in [0.25, 0.3) is 0 Å². The summed E-state index contributed by atoms with van der Waals surface area (Å²) in [4.78, 5) is 2.59. The van der Waals surface area contributed by atoms with Crippen molar-refractivity contribution in [3.63, 3.8) is 0 Å². The lowest BCUT2D eigenvalue weighted by Crippen LogP contribution is -2.49. The van der Waals surface area contributed by atoms with Gasteiger partial charge in [0.25, 0.3) is 0 Å². The number of hydrogen-bond donors (Lipinski definition) is 0. The molecule has 0 spiro atoms. The molecule has 1 heterocycles. The molecule has 0 N–H and O–H groups in total. The standard InChI is InChI=1S/C20H37N/c1-4-6-15-8-10-20-18-12-13-21(3)14-16(18)9-11-19(20)17(15)7-5-2/h15-20H,4-14H2,1-3H3. The average molecular weight is 292 g/mol. The number of fused-ring (bicyclic) bond motifs is 3. The molecule has 1 heteroatoms. The topological polar surface area (TPSA) is 3.24 Å². The van der Waals surface area contributed by atoms with Gasteiger partial charge in [-0.3, -0.25) is 0 Å². The van der Waals surface area contributed by atoms with E-state index in [1.54, 1.807) is 19.3 Å². The predicted molar refractivity (Wildman–Crippen MR) is 91.3 cm³/mol. The minimum absolute atomic E-state index is 1.04. The zero-order valence-corrected chi connectivity index (χ0v) is 14.7. The van der Waals surface area contributed by atoms with Crippen molar-refractivity contribution in [2.75, 3.05) is 20.1 Å². The summed E-state index contributed by atoms with van der Waals surface area (Å²) < 4.78 is 0. The lowest BCUT2D eigenvalue weighted by Gasteiger charge is -2.54. The van der Waals surface area contributed by atoms with Gasteiger partial charge in [-0.05, 0) is 81.2 Å². The first kappa shape index (κ1) is 15.8. The summed E-state index contributed by atoms with van der Waals surface area (Å²) in [5.74, 6) is 6.47. The Bertz CT molecular complexity index is 326. The van der Waals surface area contributed by atoms with Crippen LogP contribution in [-0.2, 0) is 0 Å². The quantitative estimate of drug-likeness (QED) is 0.687. The normalized spacial score (nSPS) is 44.1. The smallest absolute Gasteiger partial charge is 0.000937 e. The molecule has 0 radical (unpaired) electrons. The molecule has 6 atom stereocenters. The van der Waals surface area contributed by atoms with Crippen molar-refractivity contribution in [3.05, 3.63) is 0 Å². The maximum Gasteiger partial charge on any atom is 0.000937 e. The number of piperidine rings is 1. The van der Waals surface area contributed by atoms with Crippen molar-refractivity contribution >= 4 is 0 Å². The second kappa shape index (κ2) is 7.02. The predicted octanol–water partition coefficient (Wildman–Crippen LogP) is 5.21. The van der Waals surface area contributed by atoms with E-state index in [0.717, 1.165) is 35.5 Å². The van der Waals surface area contributed by atoms with Crippen LogP contribution in [-0.4, -0.2) is 25.0 Å². The molecule has 0 aromatic heterocycles. The maximum absolute atomic E-state index is 2.59. The molecule has 0 aromatic rings. The molecule has 3 fully saturated rings. The molecule has 0 aromatic carbocycles. The SMILES string of the molecule is CCCC1CCC2C3CCN(C)CC3CCC2C1CCC. The summed E-state index contributed by atoms with van der Waals surface area (Å²) in [7, 11) is 2.33. The van der Waals surface area contributed by atoms with Gasteiger partial charge in [0.15, 0.2) is 0 Å². The van der Waals surface area contributed by atoms with Crippen LogP contribution in [0.15, 0.2) is 0 Å². The van der Waals surface area contributed by atoms with Crippen LogP contribution < -0.4 is 0 Å². The molecule has 3 aliphatic rings. The number of nitrogens with zero attached hydrogens (tertiary/aromatic N) is 1. The summed E-state index contributed by atoms with van der Waals surface area (Å²) in [6.45, 7) is 7.56. The second-order valence-electron chi connectivity index (χ2n) is 8.46. The van der Waals surface area contributed by atoms with E-state index in [2.05, 4.69) is 25.8 Å². The lowest BCUT2D eigenvalue weighted by molar-refractivity contribution is -0.0448. The Morgan fingerprint density at radius 2 is 1.57 bits per heavy atom. The monoisotopic (exact) mass is 291 g/mol. The van der Waals surface area contributed by atoms with Crippen molar-refractivity contribution in [1.82, 2.24) is 4.90 Å². The Balaban J connectivity index is 1.72. The summed E-state index contributed by atoms with van der Waals surface area (Å²) in [5.41, 5.74) is 0. The van der Waals surface area contributed by atoms with Crippen molar-refractivity contribution in [2.24, 2.45) is 35.5 Å². The largest absolute Gasteiger partial charge is 0.306 e. The second-order valence-corrected chi connectivity index (χ2v) is 8.46. The summed E-state index contributed by atoms with van der Waals surface area (Å²) in [5, 5.41) is 0. The third kappa shape index (κ3) is 3.19. The molecule has 0 amide bonds. The molecule has 3 rings (SSSR count). The van der Waals surface area contributed by atoms with Crippen molar-refractivity contribution in [3.8, 4) is 0 Å². The fourth-order valence-electron chi connectivity index (χ4n) is 6.48. The fourth-order valence-corrected chi connectivity index (χ4v) is 6.48. The Morgan fingerprint density at radius 1 is 0.810 bits per heavy atom. The Kier molecular flexibility index (Phi) is 5.30. The molecule has 1 nitrogen and oxygen atoms in total. The van der Waals surface area contributed by atoms with E-state index in [-0.39, 0.29) is 0 Å². The van der Waals surface area contributed by atoms with Gasteiger partial charge in [-0.2, -0.15) is 0 Å². The molecule has 6 unspecified atom stereocenters. The van der Waals surface area contributed by atoms with E-state index in [1.165, 1.54) is 51.6 Å². The molecule has 21 heavy (non-hydrogen) atoms. The zero-order chi connectivity index (χ0) is 14.8. The first-order chi connectivity index (χ1) is 10.2. The van der Waals surface area contributed by atoms with Gasteiger partial charge in [0, 0.05) is 6.54 Å². The minimum Gasteiger partial charge on any atom is -0.306 e. The highest BCUT2D eigenvalue weighted by molar-refractivity contribution is 4.97. The maximum atomic E-state index is 2.59. The molecular weight excluding hydrogens is 254 g/mol. The van der Waals surface area contributed by atoms with Gasteiger partial charge in [0.05, 0.1) is 0 Å². The minimum atomic E-state index is 1.04. The first-order valence-electron chi connectivity index (χ1n) is 9.93. The van der Waals surface area contributed by atoms with Crippen LogP contribution in [0.4, 0.5) is 0 Å². The van der Waals surface area contributed by atoms with Crippen LogP contribution in [0, 0.1) is 35.5 Å². The van der Waals surface area contributed by atoms with Crippen LogP contribution in [0.3, 0.4) is 0 Å². The van der Waals surface area contributed by atoms with E-state index < -0.39 is 0 Å². The van der Waals surface area contributed by atoms with E-state index in [0.29, 0.717) is 0 Å². The molecule has 2 aliphatic carbocycles. The fraction of sp³-hybridized carbons (Fsp3) is 1.00. The highest BCUT2D eigenvalue weighted by Gasteiger charge is 2.47. The van der Waals surface area contributed by atoms with Gasteiger partial charge < -0.3 is 4.90 Å². The van der Waals surface area contributed by atoms with Crippen LogP contribution in [0.2, 0.25) is 0 Å². The molecular formula is C20H37N. The van der Waals surface area contributed by atoms with Gasteiger partial charge >= 0.3 is 0 Å². The molecule has 0 bridgehead atoms. The van der Waals surface area contributed by atoms with E-state index in [9.17, 15) is 0 Å². The zero-order valence-electron chi connectivity index (χ0n) is 14.7. The highest BCUT2D eigenvalue weighted by atomic mass is 15.1. The molecule has 122 valence electrons. The molecule has 1 aliphatic heterocycles. The molecule has 2 saturated carbocycles. The van der Waals surface area contributed by atoms with Crippen LogP contribution in [0.1, 0.15) is 71.6 Å². The van der Waals surface area contributed by atoms with Gasteiger partial charge in [0.2, 0.25) is 0 Å². The van der Waals surface area contributed by atoms with Gasteiger partial charge in [0.1, 0.15) is 0 Å². The Labute approximate surface area is 132 Å². The summed E-state index contributed by atoms with van der Waals surface area (Å²) in [6.07, 6.45) is 13.6. The Hall–Kier alpha value is -0.0400. The van der Waals surface area contributed by atoms with Crippen LogP contribution >= 0.6 is 0 Å². The third-order valence-corrected chi connectivity index (χ3v) is 7.27. The number of likely N-dealkylation sites (tertiary alicyclic amines) is 1. The highest BCUT2D eigenvalue weighted by Crippen LogP contribution is 2.54. The lowest BCUT2D eigenvalue weighted by atomic mass is 9.53. The summed E-state index contributed by atoms with van der Waals surface area (Å²) in [6, 6.07) is 0. The van der Waals surface area contributed by atoms with Gasteiger partial charge in [-0.15, -0.1) is 0 Å². The summed E-state index contributed by atoms with van der Waals surface area (Å²) >= 11 is 0. The van der Waals surface area contributed by atoms with Crippen LogP contribution in [0.5, 0.6) is 0 Å². The van der Waals surface area contributed by atoms with Crippen molar-refractivity contribution in [1.29, 1.82) is 0 Å².